The van der Waals surface area contributed by atoms with Gasteiger partial charge in [-0.25, -0.2) is 4.79 Å². The summed E-state index contributed by atoms with van der Waals surface area (Å²) < 4.78 is 0. The Balaban J connectivity index is 1.64. The Bertz CT molecular complexity index is 684. The number of unbranched alkanes of at least 4 members (excludes halogenated alkanes) is 2. The van der Waals surface area contributed by atoms with Crippen LogP contribution in [-0.2, 0) is 6.42 Å². The number of carbonyl (C=O) groups excluding carboxylic acids is 2. The fourth-order valence-corrected chi connectivity index (χ4v) is 2.55. The summed E-state index contributed by atoms with van der Waals surface area (Å²) in [4.78, 5) is 23.8. The third kappa shape index (κ3) is 6.97. The van der Waals surface area contributed by atoms with Crippen LogP contribution in [0.4, 0.5) is 10.5 Å². The molecule has 0 saturated heterocycles. The van der Waals surface area contributed by atoms with Crippen molar-refractivity contribution >= 4 is 17.6 Å². The van der Waals surface area contributed by atoms with E-state index in [1.807, 2.05) is 42.5 Å². The fraction of sp³-hybridized carbons (Fsp3) is 0.333. The molecule has 0 aromatic heterocycles. The molecule has 3 amide bonds. The summed E-state index contributed by atoms with van der Waals surface area (Å²) in [5, 5.41) is 8.29. The maximum atomic E-state index is 11.9. The van der Waals surface area contributed by atoms with Gasteiger partial charge in [0, 0.05) is 24.3 Å². The monoisotopic (exact) mass is 353 g/mol. The average Bonchev–Trinajstić information content (AvgIpc) is 2.67. The lowest BCUT2D eigenvalue weighted by atomic mass is 10.1. The zero-order chi connectivity index (χ0) is 18.6. The SMILES string of the molecule is CCCCCc1ccc(NC(=O)NCCNC(=O)c2ccccc2)cc1. The predicted molar refractivity (Wildman–Crippen MR) is 105 cm³/mol. The zero-order valence-corrected chi connectivity index (χ0v) is 15.3. The second-order valence-corrected chi connectivity index (χ2v) is 6.16. The molecule has 0 unspecified atom stereocenters. The zero-order valence-electron chi connectivity index (χ0n) is 15.3. The number of hydrogen-bond acceptors (Lipinski definition) is 2. The van der Waals surface area contributed by atoms with Crippen molar-refractivity contribution in [3.63, 3.8) is 0 Å². The van der Waals surface area contributed by atoms with E-state index in [1.165, 1.54) is 24.8 Å². The molecule has 3 N–H and O–H groups in total. The molecule has 0 saturated carbocycles. The highest BCUT2D eigenvalue weighted by Gasteiger charge is 2.04. The van der Waals surface area contributed by atoms with Crippen LogP contribution >= 0.6 is 0 Å². The number of amides is 3. The third-order valence-corrected chi connectivity index (χ3v) is 4.01. The van der Waals surface area contributed by atoms with Crippen molar-refractivity contribution in [3.05, 3.63) is 65.7 Å². The van der Waals surface area contributed by atoms with E-state index in [9.17, 15) is 9.59 Å². The maximum Gasteiger partial charge on any atom is 0.319 e. The number of anilines is 1. The lowest BCUT2D eigenvalue weighted by Crippen LogP contribution is -2.36. The van der Waals surface area contributed by atoms with Crippen LogP contribution in [0.2, 0.25) is 0 Å². The quantitative estimate of drug-likeness (QED) is 0.597. The smallest absolute Gasteiger partial charge is 0.319 e. The molecule has 0 bridgehead atoms. The second kappa shape index (κ2) is 10.9. The van der Waals surface area contributed by atoms with Gasteiger partial charge in [0.25, 0.3) is 5.91 Å². The molecule has 2 rings (SSSR count). The van der Waals surface area contributed by atoms with Crippen LogP contribution in [0.15, 0.2) is 54.6 Å². The van der Waals surface area contributed by atoms with Crippen LogP contribution in [-0.4, -0.2) is 25.0 Å². The van der Waals surface area contributed by atoms with Gasteiger partial charge in [-0.15, -0.1) is 0 Å². The van der Waals surface area contributed by atoms with Crippen molar-refractivity contribution in [1.29, 1.82) is 0 Å². The van der Waals surface area contributed by atoms with Gasteiger partial charge in [-0.2, -0.15) is 0 Å². The molecule has 2 aromatic rings. The average molecular weight is 353 g/mol. The summed E-state index contributed by atoms with van der Waals surface area (Å²) >= 11 is 0. The first kappa shape index (κ1) is 19.5. The molecule has 26 heavy (non-hydrogen) atoms. The molecule has 5 nitrogen and oxygen atoms in total. The van der Waals surface area contributed by atoms with E-state index in [0.29, 0.717) is 18.7 Å². The summed E-state index contributed by atoms with van der Waals surface area (Å²) in [5.41, 5.74) is 2.65. The molecule has 0 heterocycles. The molecule has 0 aliphatic carbocycles. The second-order valence-electron chi connectivity index (χ2n) is 6.16. The van der Waals surface area contributed by atoms with Gasteiger partial charge in [0.1, 0.15) is 0 Å². The van der Waals surface area contributed by atoms with Crippen LogP contribution < -0.4 is 16.0 Å². The first-order valence-electron chi connectivity index (χ1n) is 9.16. The van der Waals surface area contributed by atoms with Gasteiger partial charge in [0.2, 0.25) is 0 Å². The molecule has 0 spiro atoms. The summed E-state index contributed by atoms with van der Waals surface area (Å²) in [6.45, 7) is 2.93. The van der Waals surface area contributed by atoms with Crippen LogP contribution in [0, 0.1) is 0 Å². The number of benzene rings is 2. The van der Waals surface area contributed by atoms with E-state index in [1.54, 1.807) is 12.1 Å². The van der Waals surface area contributed by atoms with Crippen LogP contribution in [0.5, 0.6) is 0 Å². The van der Waals surface area contributed by atoms with Gasteiger partial charge in [-0.3, -0.25) is 4.79 Å². The Morgan fingerprint density at radius 1 is 0.846 bits per heavy atom. The molecular formula is C21H27N3O2. The van der Waals surface area contributed by atoms with Crippen LogP contribution in [0.25, 0.3) is 0 Å². The number of hydrogen-bond donors (Lipinski definition) is 3. The first-order chi connectivity index (χ1) is 12.7. The van der Waals surface area contributed by atoms with E-state index in [4.69, 9.17) is 0 Å². The molecule has 0 atom stereocenters. The minimum absolute atomic E-state index is 0.147. The minimum atomic E-state index is -0.280. The Kier molecular flexibility index (Phi) is 8.19. The topological polar surface area (TPSA) is 70.2 Å². The molecule has 0 fully saturated rings. The van der Waals surface area contributed by atoms with E-state index in [0.717, 1.165) is 12.1 Å². The highest BCUT2D eigenvalue weighted by atomic mass is 16.2. The van der Waals surface area contributed by atoms with E-state index < -0.39 is 0 Å². The largest absolute Gasteiger partial charge is 0.350 e. The molecule has 5 heteroatoms. The molecule has 2 aromatic carbocycles. The molecule has 0 aliphatic heterocycles. The minimum Gasteiger partial charge on any atom is -0.350 e. The van der Waals surface area contributed by atoms with Gasteiger partial charge >= 0.3 is 6.03 Å². The number of rotatable bonds is 9. The predicted octanol–water partition coefficient (Wildman–Crippen LogP) is 3.97. The number of nitrogens with one attached hydrogen (secondary N) is 3. The van der Waals surface area contributed by atoms with Gasteiger partial charge in [-0.1, -0.05) is 50.1 Å². The number of aryl methyl sites for hydroxylation is 1. The van der Waals surface area contributed by atoms with Gasteiger partial charge in [0.05, 0.1) is 0 Å². The van der Waals surface area contributed by atoms with Crippen molar-refractivity contribution in [2.45, 2.75) is 32.6 Å². The molecule has 138 valence electrons. The lowest BCUT2D eigenvalue weighted by Gasteiger charge is -2.09. The van der Waals surface area contributed by atoms with Crippen LogP contribution in [0.3, 0.4) is 0 Å². The highest BCUT2D eigenvalue weighted by molar-refractivity contribution is 5.94. The first-order valence-corrected chi connectivity index (χ1v) is 9.16. The maximum absolute atomic E-state index is 11.9. The van der Waals surface area contributed by atoms with Gasteiger partial charge in [0.15, 0.2) is 0 Å². The Labute approximate surface area is 155 Å². The van der Waals surface area contributed by atoms with Crippen LogP contribution in [0.1, 0.15) is 42.1 Å². The molecule has 0 radical (unpaired) electrons. The number of urea groups is 1. The summed E-state index contributed by atoms with van der Waals surface area (Å²) in [6, 6.07) is 16.6. The highest BCUT2D eigenvalue weighted by Crippen LogP contribution is 2.12. The van der Waals surface area contributed by atoms with E-state index in [-0.39, 0.29) is 11.9 Å². The standard InChI is InChI=1S/C21H27N3O2/c1-2-3-5-8-17-11-13-19(14-12-17)24-21(26)23-16-15-22-20(25)18-9-6-4-7-10-18/h4,6-7,9-14H,2-3,5,8,15-16H2,1H3,(H,22,25)(H2,23,24,26). The van der Waals surface area contributed by atoms with E-state index in [2.05, 4.69) is 22.9 Å². The third-order valence-electron chi connectivity index (χ3n) is 4.01. The van der Waals surface area contributed by atoms with Crippen molar-refractivity contribution in [2.24, 2.45) is 0 Å². The normalized spacial score (nSPS) is 10.2. The van der Waals surface area contributed by atoms with Crippen molar-refractivity contribution in [2.75, 3.05) is 18.4 Å². The Morgan fingerprint density at radius 3 is 2.23 bits per heavy atom. The summed E-state index contributed by atoms with van der Waals surface area (Å²) in [6.07, 6.45) is 4.72. The molecular weight excluding hydrogens is 326 g/mol. The Morgan fingerprint density at radius 2 is 1.54 bits per heavy atom. The number of carbonyl (C=O) groups is 2. The molecule has 0 aliphatic rings. The van der Waals surface area contributed by atoms with Crippen molar-refractivity contribution < 1.29 is 9.59 Å². The van der Waals surface area contributed by atoms with Crippen molar-refractivity contribution in [1.82, 2.24) is 10.6 Å². The fourth-order valence-electron chi connectivity index (χ4n) is 2.55. The summed E-state index contributed by atoms with van der Waals surface area (Å²) in [5.74, 6) is -0.147. The summed E-state index contributed by atoms with van der Waals surface area (Å²) in [7, 11) is 0. The van der Waals surface area contributed by atoms with E-state index >= 15 is 0 Å². The lowest BCUT2D eigenvalue weighted by molar-refractivity contribution is 0.0954. The Hall–Kier alpha value is -2.82. The van der Waals surface area contributed by atoms with Crippen molar-refractivity contribution in [3.8, 4) is 0 Å². The van der Waals surface area contributed by atoms with Gasteiger partial charge in [-0.05, 0) is 42.7 Å². The van der Waals surface area contributed by atoms with Gasteiger partial charge < -0.3 is 16.0 Å².